The summed E-state index contributed by atoms with van der Waals surface area (Å²) in [6.07, 6.45) is 0. The largest absolute Gasteiger partial charge is 0.497 e. The molecule has 1 heterocycles. The van der Waals surface area contributed by atoms with Gasteiger partial charge in [-0.05, 0) is 12.1 Å². The molecule has 90 valence electrons. The van der Waals surface area contributed by atoms with Crippen LogP contribution in [0.4, 0.5) is 0 Å². The van der Waals surface area contributed by atoms with Crippen LogP contribution >= 0.6 is 0 Å². The number of rotatable bonds is 4. The van der Waals surface area contributed by atoms with Crippen molar-refractivity contribution < 1.29 is 14.6 Å². The average molecular weight is 235 g/mol. The minimum Gasteiger partial charge on any atom is -0.497 e. The number of aromatic amines is 1. The Bertz CT molecular complexity index is 488. The van der Waals surface area contributed by atoms with Crippen LogP contribution in [0.3, 0.4) is 0 Å². The Labute approximate surface area is 98.2 Å². The molecule has 1 aromatic heterocycles. The van der Waals surface area contributed by atoms with Gasteiger partial charge in [0.2, 0.25) is 0 Å². The van der Waals surface area contributed by atoms with E-state index in [0.29, 0.717) is 23.1 Å². The first-order chi connectivity index (χ1) is 8.26. The molecule has 0 bridgehead atoms. The van der Waals surface area contributed by atoms with E-state index >= 15 is 0 Å². The molecule has 2 aromatic rings. The van der Waals surface area contributed by atoms with Gasteiger partial charge in [-0.2, -0.15) is 5.10 Å². The van der Waals surface area contributed by atoms with Crippen molar-refractivity contribution in [3.8, 4) is 22.9 Å². The Kier molecular flexibility index (Phi) is 3.24. The van der Waals surface area contributed by atoms with Crippen molar-refractivity contribution in [2.24, 2.45) is 0 Å². The van der Waals surface area contributed by atoms with E-state index in [1.807, 2.05) is 0 Å². The lowest BCUT2D eigenvalue weighted by Gasteiger charge is -2.05. The highest BCUT2D eigenvalue weighted by Crippen LogP contribution is 2.27. The average Bonchev–Trinajstić information content (AvgIpc) is 2.86. The molecular formula is C11H13N3O3. The molecule has 0 radical (unpaired) electrons. The van der Waals surface area contributed by atoms with Crippen LogP contribution in [0.1, 0.15) is 5.82 Å². The van der Waals surface area contributed by atoms with E-state index in [1.54, 1.807) is 32.4 Å². The molecule has 0 unspecified atom stereocenters. The van der Waals surface area contributed by atoms with Gasteiger partial charge >= 0.3 is 0 Å². The second-order valence-corrected chi connectivity index (χ2v) is 3.37. The summed E-state index contributed by atoms with van der Waals surface area (Å²) in [5.74, 6) is 2.23. The highest BCUT2D eigenvalue weighted by molar-refractivity contribution is 5.60. The smallest absolute Gasteiger partial charge is 0.181 e. The van der Waals surface area contributed by atoms with Gasteiger partial charge in [-0.3, -0.25) is 5.10 Å². The predicted octanol–water partition coefficient (Wildman–Crippen LogP) is 0.981. The maximum absolute atomic E-state index is 8.92. The summed E-state index contributed by atoms with van der Waals surface area (Å²) in [6, 6.07) is 5.36. The molecule has 6 heteroatoms. The number of hydrogen-bond acceptors (Lipinski definition) is 5. The number of aromatic nitrogens is 3. The van der Waals surface area contributed by atoms with Crippen LogP contribution in [0.25, 0.3) is 11.4 Å². The SMILES string of the molecule is COc1cc(OC)cc(-c2n[nH]c(CO)n2)c1. The Morgan fingerprint density at radius 1 is 1.18 bits per heavy atom. The van der Waals surface area contributed by atoms with Gasteiger partial charge in [0.05, 0.1) is 14.2 Å². The number of methoxy groups -OCH3 is 2. The van der Waals surface area contributed by atoms with Gasteiger partial charge < -0.3 is 14.6 Å². The normalized spacial score (nSPS) is 10.3. The number of nitrogens with zero attached hydrogens (tertiary/aromatic N) is 2. The number of nitrogens with one attached hydrogen (secondary N) is 1. The third-order valence-electron chi connectivity index (χ3n) is 2.29. The lowest BCUT2D eigenvalue weighted by atomic mass is 10.2. The molecule has 1 aromatic carbocycles. The zero-order valence-electron chi connectivity index (χ0n) is 9.60. The Hall–Kier alpha value is -2.08. The predicted molar refractivity (Wildman–Crippen MR) is 60.8 cm³/mol. The zero-order valence-corrected chi connectivity index (χ0v) is 9.60. The molecule has 0 fully saturated rings. The van der Waals surface area contributed by atoms with Gasteiger partial charge in [0.1, 0.15) is 18.1 Å². The standard InChI is InChI=1S/C11H13N3O3/c1-16-8-3-7(4-9(5-8)17-2)11-12-10(6-15)13-14-11/h3-5,15H,6H2,1-2H3,(H,12,13,14). The summed E-state index contributed by atoms with van der Waals surface area (Å²) in [5.41, 5.74) is 0.761. The van der Waals surface area contributed by atoms with E-state index in [0.717, 1.165) is 5.56 Å². The van der Waals surface area contributed by atoms with Gasteiger partial charge in [-0.25, -0.2) is 4.98 Å². The molecule has 6 nitrogen and oxygen atoms in total. The minimum absolute atomic E-state index is 0.173. The molecule has 0 saturated heterocycles. The van der Waals surface area contributed by atoms with E-state index in [2.05, 4.69) is 15.2 Å². The summed E-state index contributed by atoms with van der Waals surface area (Å²) in [7, 11) is 3.16. The Balaban J connectivity index is 2.43. The van der Waals surface area contributed by atoms with Gasteiger partial charge in [-0.15, -0.1) is 0 Å². The first-order valence-corrected chi connectivity index (χ1v) is 5.02. The lowest BCUT2D eigenvalue weighted by Crippen LogP contribution is -1.90. The van der Waals surface area contributed by atoms with Gasteiger partial charge in [-0.1, -0.05) is 0 Å². The van der Waals surface area contributed by atoms with Crippen molar-refractivity contribution >= 4 is 0 Å². The highest BCUT2D eigenvalue weighted by Gasteiger charge is 2.09. The van der Waals surface area contributed by atoms with Gasteiger partial charge in [0, 0.05) is 11.6 Å². The Morgan fingerprint density at radius 3 is 2.29 bits per heavy atom. The zero-order chi connectivity index (χ0) is 12.3. The lowest BCUT2D eigenvalue weighted by molar-refractivity contribution is 0.272. The molecule has 0 aliphatic carbocycles. The molecule has 0 spiro atoms. The van der Waals surface area contributed by atoms with E-state index < -0.39 is 0 Å². The third kappa shape index (κ3) is 2.36. The second-order valence-electron chi connectivity index (χ2n) is 3.37. The number of benzene rings is 1. The molecular weight excluding hydrogens is 222 g/mol. The van der Waals surface area contributed by atoms with Crippen LogP contribution in [-0.4, -0.2) is 34.5 Å². The van der Waals surface area contributed by atoms with Crippen LogP contribution in [0.5, 0.6) is 11.5 Å². The van der Waals surface area contributed by atoms with Crippen LogP contribution < -0.4 is 9.47 Å². The first kappa shape index (κ1) is 11.4. The quantitative estimate of drug-likeness (QED) is 0.825. The third-order valence-corrected chi connectivity index (χ3v) is 2.29. The van der Waals surface area contributed by atoms with Crippen molar-refractivity contribution in [1.29, 1.82) is 0 Å². The van der Waals surface area contributed by atoms with Gasteiger partial charge in [0.25, 0.3) is 0 Å². The summed E-state index contributed by atoms with van der Waals surface area (Å²) in [5, 5.41) is 15.6. The second kappa shape index (κ2) is 4.84. The molecule has 2 rings (SSSR count). The van der Waals surface area contributed by atoms with E-state index in [4.69, 9.17) is 14.6 Å². The van der Waals surface area contributed by atoms with E-state index in [-0.39, 0.29) is 6.61 Å². The van der Waals surface area contributed by atoms with Crippen molar-refractivity contribution in [3.05, 3.63) is 24.0 Å². The molecule has 0 atom stereocenters. The van der Waals surface area contributed by atoms with Crippen LogP contribution in [0.15, 0.2) is 18.2 Å². The van der Waals surface area contributed by atoms with Crippen molar-refractivity contribution in [2.45, 2.75) is 6.61 Å². The summed E-state index contributed by atoms with van der Waals surface area (Å²) >= 11 is 0. The molecule has 17 heavy (non-hydrogen) atoms. The molecule has 0 saturated carbocycles. The van der Waals surface area contributed by atoms with E-state index in [1.165, 1.54) is 0 Å². The number of hydrogen-bond donors (Lipinski definition) is 2. The van der Waals surface area contributed by atoms with Crippen LogP contribution in [-0.2, 0) is 6.61 Å². The molecule has 2 N–H and O–H groups in total. The number of H-pyrrole nitrogens is 1. The van der Waals surface area contributed by atoms with Crippen molar-refractivity contribution in [1.82, 2.24) is 15.2 Å². The minimum atomic E-state index is -0.173. The fraction of sp³-hybridized carbons (Fsp3) is 0.273. The van der Waals surface area contributed by atoms with Crippen LogP contribution in [0.2, 0.25) is 0 Å². The van der Waals surface area contributed by atoms with Crippen molar-refractivity contribution in [3.63, 3.8) is 0 Å². The Morgan fingerprint density at radius 2 is 1.82 bits per heavy atom. The molecule has 0 aliphatic heterocycles. The monoisotopic (exact) mass is 235 g/mol. The molecule has 0 aliphatic rings. The summed E-state index contributed by atoms with van der Waals surface area (Å²) in [4.78, 5) is 4.12. The summed E-state index contributed by atoms with van der Waals surface area (Å²) < 4.78 is 10.3. The molecule has 0 amide bonds. The maximum Gasteiger partial charge on any atom is 0.181 e. The fourth-order valence-electron chi connectivity index (χ4n) is 1.43. The maximum atomic E-state index is 8.92. The first-order valence-electron chi connectivity index (χ1n) is 5.02. The van der Waals surface area contributed by atoms with Crippen LogP contribution in [0, 0.1) is 0 Å². The highest BCUT2D eigenvalue weighted by atomic mass is 16.5. The van der Waals surface area contributed by atoms with E-state index in [9.17, 15) is 0 Å². The fourth-order valence-corrected chi connectivity index (χ4v) is 1.43. The van der Waals surface area contributed by atoms with Gasteiger partial charge in [0.15, 0.2) is 11.6 Å². The number of aliphatic hydroxyl groups excluding tert-OH is 1. The number of ether oxygens (including phenoxy) is 2. The number of aliphatic hydroxyl groups is 1. The van der Waals surface area contributed by atoms with Crippen molar-refractivity contribution in [2.75, 3.05) is 14.2 Å². The topological polar surface area (TPSA) is 80.3 Å². The summed E-state index contributed by atoms with van der Waals surface area (Å²) in [6.45, 7) is -0.173.